The summed E-state index contributed by atoms with van der Waals surface area (Å²) in [6, 6.07) is 6.63. The molecule has 3 aromatic heterocycles. The third kappa shape index (κ3) is 5.71. The van der Waals surface area contributed by atoms with E-state index in [0.29, 0.717) is 12.1 Å². The maximum Gasteiger partial charge on any atom is 0.433 e. The highest BCUT2D eigenvalue weighted by Gasteiger charge is 2.32. The predicted octanol–water partition coefficient (Wildman–Crippen LogP) is 5.00. The molecule has 0 atom stereocenters. The number of hydrogen-bond donors (Lipinski definition) is 2. The van der Waals surface area contributed by atoms with E-state index in [1.807, 2.05) is 13.8 Å². The molecule has 8 nitrogen and oxygen atoms in total. The molecule has 31 heavy (non-hydrogen) atoms. The van der Waals surface area contributed by atoms with Gasteiger partial charge in [0.15, 0.2) is 11.6 Å². The number of rotatable bonds is 7. The van der Waals surface area contributed by atoms with Gasteiger partial charge in [0.2, 0.25) is 11.9 Å². The van der Waals surface area contributed by atoms with E-state index in [-0.39, 0.29) is 43.8 Å². The first kappa shape index (κ1) is 22.1. The molecule has 11 heteroatoms. The van der Waals surface area contributed by atoms with E-state index in [2.05, 4.69) is 35.6 Å². The zero-order chi connectivity index (χ0) is 22.6. The fourth-order valence-electron chi connectivity index (χ4n) is 2.56. The number of hydrogen-bond acceptors (Lipinski definition) is 8. The van der Waals surface area contributed by atoms with Gasteiger partial charge in [-0.05, 0) is 38.1 Å². The van der Waals surface area contributed by atoms with Crippen LogP contribution in [0.4, 0.5) is 30.8 Å². The number of nitrogens with zero attached hydrogens (tertiary/aromatic N) is 5. The number of ketones is 1. The molecule has 0 aromatic carbocycles. The number of nitrogens with one attached hydrogen (secondary N) is 2. The summed E-state index contributed by atoms with van der Waals surface area (Å²) in [5.74, 6) is 0.0788. The second-order valence-corrected chi connectivity index (χ2v) is 6.84. The molecule has 0 bridgehead atoms. The highest BCUT2D eigenvalue weighted by molar-refractivity contribution is 5.94. The molecule has 0 unspecified atom stereocenters. The Hall–Kier alpha value is -3.63. The Kier molecular flexibility index (Phi) is 6.42. The SMILES string of the molecule is CCC(=O)c1cc(Nc2nc(NC(C)C)nc(-c3cccc(C(F)(F)F)n3)n2)ccn1.[HH].[HH]. The van der Waals surface area contributed by atoms with Gasteiger partial charge in [-0.2, -0.15) is 28.1 Å². The molecule has 0 amide bonds. The largest absolute Gasteiger partial charge is 0.433 e. The van der Waals surface area contributed by atoms with E-state index in [0.717, 1.165) is 6.07 Å². The van der Waals surface area contributed by atoms with Crippen molar-refractivity contribution >= 4 is 23.4 Å². The molecule has 0 spiro atoms. The Morgan fingerprint density at radius 3 is 2.52 bits per heavy atom. The summed E-state index contributed by atoms with van der Waals surface area (Å²) < 4.78 is 39.2. The van der Waals surface area contributed by atoms with Crippen LogP contribution in [0.25, 0.3) is 11.5 Å². The van der Waals surface area contributed by atoms with Crippen molar-refractivity contribution in [3.63, 3.8) is 0 Å². The van der Waals surface area contributed by atoms with Crippen LogP contribution in [0.3, 0.4) is 0 Å². The molecule has 3 aromatic rings. The normalized spacial score (nSPS) is 11.5. The summed E-state index contributed by atoms with van der Waals surface area (Å²) in [6.07, 6.45) is -2.83. The van der Waals surface area contributed by atoms with Crippen LogP contribution in [-0.2, 0) is 6.18 Å². The van der Waals surface area contributed by atoms with Crippen molar-refractivity contribution in [2.45, 2.75) is 39.4 Å². The number of carbonyl (C=O) groups is 1. The number of alkyl halides is 3. The van der Waals surface area contributed by atoms with E-state index in [1.54, 1.807) is 19.1 Å². The van der Waals surface area contributed by atoms with Crippen LogP contribution < -0.4 is 10.6 Å². The quantitative estimate of drug-likeness (QED) is 0.500. The Morgan fingerprint density at radius 1 is 1.10 bits per heavy atom. The minimum atomic E-state index is -4.59. The fourth-order valence-corrected chi connectivity index (χ4v) is 2.56. The fraction of sp³-hybridized carbons (Fsp3) is 0.300. The number of aromatic nitrogens is 5. The molecule has 3 heterocycles. The number of anilines is 3. The number of carbonyl (C=O) groups excluding carboxylic acids is 1. The second kappa shape index (κ2) is 9.02. The zero-order valence-electron chi connectivity index (χ0n) is 17.0. The minimum absolute atomic E-state index is 0. The zero-order valence-corrected chi connectivity index (χ0v) is 17.0. The van der Waals surface area contributed by atoms with E-state index in [9.17, 15) is 18.0 Å². The van der Waals surface area contributed by atoms with Crippen LogP contribution in [0.2, 0.25) is 0 Å². The Balaban J connectivity index is 0.00000272. The maximum absolute atomic E-state index is 13.1. The molecule has 2 N–H and O–H groups in total. The van der Waals surface area contributed by atoms with Crippen molar-refractivity contribution in [2.75, 3.05) is 10.6 Å². The summed E-state index contributed by atoms with van der Waals surface area (Å²) in [5, 5.41) is 5.95. The first-order valence-electron chi connectivity index (χ1n) is 9.49. The summed E-state index contributed by atoms with van der Waals surface area (Å²) in [6.45, 7) is 5.46. The molecular formula is C20H24F3N7O. The van der Waals surface area contributed by atoms with Gasteiger partial charge in [-0.25, -0.2) is 4.98 Å². The van der Waals surface area contributed by atoms with Crippen LogP contribution >= 0.6 is 0 Å². The Morgan fingerprint density at radius 2 is 1.84 bits per heavy atom. The van der Waals surface area contributed by atoms with E-state index in [1.165, 1.54) is 18.3 Å². The first-order valence-corrected chi connectivity index (χ1v) is 9.49. The molecule has 0 saturated carbocycles. The highest BCUT2D eigenvalue weighted by atomic mass is 19.4. The molecule has 3 rings (SSSR count). The lowest BCUT2D eigenvalue weighted by Crippen LogP contribution is -2.15. The lowest BCUT2D eigenvalue weighted by atomic mass is 10.2. The molecule has 0 saturated heterocycles. The number of halogens is 3. The van der Waals surface area contributed by atoms with Crippen molar-refractivity contribution in [3.8, 4) is 11.5 Å². The second-order valence-electron chi connectivity index (χ2n) is 6.84. The van der Waals surface area contributed by atoms with E-state index in [4.69, 9.17) is 0 Å². The average Bonchev–Trinajstić information content (AvgIpc) is 2.72. The van der Waals surface area contributed by atoms with Crippen molar-refractivity contribution in [1.82, 2.24) is 24.9 Å². The van der Waals surface area contributed by atoms with E-state index < -0.39 is 11.9 Å². The lowest BCUT2D eigenvalue weighted by Gasteiger charge is -2.13. The Labute approximate surface area is 179 Å². The van der Waals surface area contributed by atoms with Gasteiger partial charge in [0.25, 0.3) is 0 Å². The van der Waals surface area contributed by atoms with Gasteiger partial charge in [-0.1, -0.05) is 13.0 Å². The topological polar surface area (TPSA) is 106 Å². The molecule has 0 radical (unpaired) electrons. The lowest BCUT2D eigenvalue weighted by molar-refractivity contribution is -0.141. The first-order chi connectivity index (χ1) is 14.7. The van der Waals surface area contributed by atoms with Gasteiger partial charge >= 0.3 is 6.18 Å². The molecule has 0 aliphatic carbocycles. The minimum Gasteiger partial charge on any atom is -0.352 e. The van der Waals surface area contributed by atoms with Gasteiger partial charge in [-0.15, -0.1) is 0 Å². The third-order valence-electron chi connectivity index (χ3n) is 3.94. The summed E-state index contributed by atoms with van der Waals surface area (Å²) in [7, 11) is 0. The predicted molar refractivity (Wildman–Crippen MR) is 113 cm³/mol. The molecular weight excluding hydrogens is 411 g/mol. The van der Waals surface area contributed by atoms with Crippen molar-refractivity contribution in [3.05, 3.63) is 47.9 Å². The standard InChI is InChI=1S/C20H20F3N7O.2H2/c1-4-15(31)14-10-12(8-9-24-14)26-19-29-17(28-18(30-19)25-11(2)3)13-6-5-7-16(27-13)20(21,22)23;;/h5-11H,4H2,1-3H3,(H2,24,25,26,28,29,30);2*1H. The average molecular weight is 435 g/mol. The van der Waals surface area contributed by atoms with Gasteiger partial charge in [0.05, 0.1) is 0 Å². The van der Waals surface area contributed by atoms with Gasteiger partial charge in [-0.3, -0.25) is 9.78 Å². The maximum atomic E-state index is 13.1. The van der Waals surface area contributed by atoms with Crippen LogP contribution in [-0.4, -0.2) is 36.7 Å². The monoisotopic (exact) mass is 435 g/mol. The highest BCUT2D eigenvalue weighted by Crippen LogP contribution is 2.29. The van der Waals surface area contributed by atoms with Gasteiger partial charge in [0.1, 0.15) is 17.1 Å². The third-order valence-corrected chi connectivity index (χ3v) is 3.94. The summed E-state index contributed by atoms with van der Waals surface area (Å²) >= 11 is 0. The summed E-state index contributed by atoms with van der Waals surface area (Å²) in [4.78, 5) is 32.3. The van der Waals surface area contributed by atoms with E-state index >= 15 is 0 Å². The summed E-state index contributed by atoms with van der Waals surface area (Å²) in [5.41, 5.74) is -0.322. The molecule has 166 valence electrons. The molecule has 0 fully saturated rings. The smallest absolute Gasteiger partial charge is 0.352 e. The Bertz CT molecular complexity index is 1100. The van der Waals surface area contributed by atoms with Crippen molar-refractivity contribution in [2.24, 2.45) is 0 Å². The van der Waals surface area contributed by atoms with Crippen LogP contribution in [0.15, 0.2) is 36.5 Å². The van der Waals surface area contributed by atoms with Crippen LogP contribution in [0, 0.1) is 0 Å². The van der Waals surface area contributed by atoms with Crippen molar-refractivity contribution < 1.29 is 20.8 Å². The number of Topliss-reactive ketones (excluding diaryl/α,β-unsaturated/α-hetero) is 1. The van der Waals surface area contributed by atoms with Crippen LogP contribution in [0.5, 0.6) is 0 Å². The molecule has 0 aliphatic rings. The van der Waals surface area contributed by atoms with Gasteiger partial charge in [0, 0.05) is 27.2 Å². The van der Waals surface area contributed by atoms with Crippen LogP contribution in [0.1, 0.15) is 46.2 Å². The number of pyridine rings is 2. The molecule has 0 aliphatic heterocycles. The van der Waals surface area contributed by atoms with Gasteiger partial charge < -0.3 is 10.6 Å². The van der Waals surface area contributed by atoms with Crippen molar-refractivity contribution in [1.29, 1.82) is 0 Å².